The number of fused-ring (bicyclic) bond motifs is 1. The molecule has 3 aromatic rings. The Balaban J connectivity index is 1.53. The van der Waals surface area contributed by atoms with E-state index in [0.717, 1.165) is 44.3 Å². The molecule has 1 aliphatic rings. The first-order valence-corrected chi connectivity index (χ1v) is 10.3. The van der Waals surface area contributed by atoms with Gasteiger partial charge in [0, 0.05) is 35.4 Å². The van der Waals surface area contributed by atoms with Crippen LogP contribution in [0, 0.1) is 13.8 Å². The van der Waals surface area contributed by atoms with E-state index in [0.29, 0.717) is 10.6 Å². The van der Waals surface area contributed by atoms with Crippen molar-refractivity contribution in [2.24, 2.45) is 7.05 Å². The molecule has 4 rings (SSSR count). The zero-order chi connectivity index (χ0) is 21.4. The second-order valence-electron chi connectivity index (χ2n) is 7.28. The van der Waals surface area contributed by atoms with Crippen LogP contribution in [0.4, 0.5) is 10.5 Å². The highest BCUT2D eigenvalue weighted by atomic mass is 32.2. The molecule has 1 saturated heterocycles. The number of hydrogen-bond donors (Lipinski definition) is 1. The largest absolute Gasteiger partial charge is 0.350 e. The molecule has 6 nitrogen and oxygen atoms in total. The van der Waals surface area contributed by atoms with Crippen LogP contribution in [-0.4, -0.2) is 33.1 Å². The number of rotatable bonds is 4. The summed E-state index contributed by atoms with van der Waals surface area (Å²) in [6, 6.07) is 13.5. The molecule has 7 heteroatoms. The summed E-state index contributed by atoms with van der Waals surface area (Å²) in [5.74, 6) is -0.855. The Morgan fingerprint density at radius 1 is 1.10 bits per heavy atom. The fourth-order valence-electron chi connectivity index (χ4n) is 3.49. The Hall–Kier alpha value is -3.32. The topological polar surface area (TPSA) is 71.4 Å². The van der Waals surface area contributed by atoms with Crippen LogP contribution in [0.2, 0.25) is 0 Å². The van der Waals surface area contributed by atoms with Crippen molar-refractivity contribution in [3.63, 3.8) is 0 Å². The quantitative estimate of drug-likeness (QED) is 0.634. The normalized spacial score (nSPS) is 15.4. The average Bonchev–Trinajstić information content (AvgIpc) is 3.17. The molecule has 1 N–H and O–H groups in total. The maximum Gasteiger partial charge on any atom is 0.294 e. The van der Waals surface area contributed by atoms with E-state index in [1.165, 1.54) is 0 Å². The van der Waals surface area contributed by atoms with Gasteiger partial charge in [-0.25, -0.2) is 0 Å². The molecule has 0 bridgehead atoms. The standard InChI is InChI=1S/C23H21N3O3S/c1-14-7-6-9-18(15(14)2)24-21(27)13-26-22(28)20(30-23(26)29)11-16-12-25(3)19-10-5-4-8-17(16)19/h4-12H,13H2,1-3H3,(H,24,27)/b20-11+. The van der Waals surface area contributed by atoms with Crippen molar-refractivity contribution in [1.29, 1.82) is 0 Å². The van der Waals surface area contributed by atoms with Gasteiger partial charge in [-0.2, -0.15) is 0 Å². The minimum absolute atomic E-state index is 0.315. The number of anilines is 1. The van der Waals surface area contributed by atoms with Crippen molar-refractivity contribution in [3.05, 3.63) is 70.3 Å². The number of aryl methyl sites for hydroxylation is 2. The van der Waals surface area contributed by atoms with Gasteiger partial charge in [0.2, 0.25) is 5.91 Å². The molecule has 152 valence electrons. The fourth-order valence-corrected chi connectivity index (χ4v) is 4.31. The highest BCUT2D eigenvalue weighted by Gasteiger charge is 2.36. The molecule has 0 radical (unpaired) electrons. The first-order valence-electron chi connectivity index (χ1n) is 9.50. The first kappa shape index (κ1) is 20.0. The van der Waals surface area contributed by atoms with Crippen LogP contribution in [0.1, 0.15) is 16.7 Å². The number of para-hydroxylation sites is 1. The number of nitrogens with one attached hydrogen (secondary N) is 1. The Morgan fingerprint density at radius 3 is 2.67 bits per heavy atom. The van der Waals surface area contributed by atoms with E-state index in [-0.39, 0.29) is 6.54 Å². The van der Waals surface area contributed by atoms with E-state index in [9.17, 15) is 14.4 Å². The van der Waals surface area contributed by atoms with Crippen molar-refractivity contribution in [2.45, 2.75) is 13.8 Å². The number of carbonyl (C=O) groups is 3. The van der Waals surface area contributed by atoms with Gasteiger partial charge in [-0.05, 0) is 54.9 Å². The summed E-state index contributed by atoms with van der Waals surface area (Å²) in [6.45, 7) is 3.56. The smallest absolute Gasteiger partial charge is 0.294 e. The molecule has 3 amide bonds. The molecule has 0 saturated carbocycles. The summed E-state index contributed by atoms with van der Waals surface area (Å²) >= 11 is 0.858. The third kappa shape index (κ3) is 3.64. The van der Waals surface area contributed by atoms with Crippen LogP contribution >= 0.6 is 11.8 Å². The number of imide groups is 1. The zero-order valence-corrected chi connectivity index (χ0v) is 17.7. The molecule has 0 atom stereocenters. The Labute approximate surface area is 178 Å². The van der Waals surface area contributed by atoms with Gasteiger partial charge >= 0.3 is 0 Å². The Bertz CT molecular complexity index is 1230. The summed E-state index contributed by atoms with van der Waals surface area (Å²) in [7, 11) is 1.93. The summed E-state index contributed by atoms with van der Waals surface area (Å²) in [4.78, 5) is 39.0. The van der Waals surface area contributed by atoms with Crippen LogP contribution in [0.5, 0.6) is 0 Å². The third-order valence-electron chi connectivity index (χ3n) is 5.27. The van der Waals surface area contributed by atoms with Crippen molar-refractivity contribution >= 4 is 51.5 Å². The fraction of sp³-hybridized carbons (Fsp3) is 0.174. The lowest BCUT2D eigenvalue weighted by atomic mass is 10.1. The SMILES string of the molecule is Cc1cccc(NC(=O)CN2C(=O)S/C(=C/c3cn(C)c4ccccc34)C2=O)c1C. The van der Waals surface area contributed by atoms with Crippen molar-refractivity contribution in [1.82, 2.24) is 9.47 Å². The van der Waals surface area contributed by atoms with Crippen molar-refractivity contribution in [3.8, 4) is 0 Å². The highest BCUT2D eigenvalue weighted by Crippen LogP contribution is 2.34. The van der Waals surface area contributed by atoms with Gasteiger partial charge in [-0.15, -0.1) is 0 Å². The van der Waals surface area contributed by atoms with Gasteiger partial charge in [0.1, 0.15) is 6.54 Å². The predicted octanol–water partition coefficient (Wildman–Crippen LogP) is 4.47. The lowest BCUT2D eigenvalue weighted by Crippen LogP contribution is -2.36. The monoisotopic (exact) mass is 419 g/mol. The number of carbonyl (C=O) groups excluding carboxylic acids is 3. The van der Waals surface area contributed by atoms with Gasteiger partial charge in [0.05, 0.1) is 4.91 Å². The summed E-state index contributed by atoms with van der Waals surface area (Å²) in [5.41, 5.74) is 4.58. The molecule has 2 aromatic carbocycles. The summed E-state index contributed by atoms with van der Waals surface area (Å²) in [5, 5.41) is 3.35. The Morgan fingerprint density at radius 2 is 1.87 bits per heavy atom. The molecule has 1 aliphatic heterocycles. The summed E-state index contributed by atoms with van der Waals surface area (Å²) in [6.07, 6.45) is 3.64. The number of hydrogen-bond acceptors (Lipinski definition) is 4. The molecule has 0 spiro atoms. The molecule has 0 aliphatic carbocycles. The van der Waals surface area contributed by atoms with Crippen LogP contribution < -0.4 is 5.32 Å². The molecule has 1 aromatic heterocycles. The average molecular weight is 420 g/mol. The van der Waals surface area contributed by atoms with Gasteiger partial charge < -0.3 is 9.88 Å². The second kappa shape index (κ2) is 7.84. The van der Waals surface area contributed by atoms with Crippen molar-refractivity contribution < 1.29 is 14.4 Å². The molecular weight excluding hydrogens is 398 g/mol. The third-order valence-corrected chi connectivity index (χ3v) is 6.18. The van der Waals surface area contributed by atoms with Crippen molar-refractivity contribution in [2.75, 3.05) is 11.9 Å². The number of aromatic nitrogens is 1. The maximum atomic E-state index is 12.8. The number of benzene rings is 2. The zero-order valence-electron chi connectivity index (χ0n) is 16.9. The minimum atomic E-state index is -0.450. The Kier molecular flexibility index (Phi) is 5.22. The molecule has 1 fully saturated rings. The predicted molar refractivity (Wildman–Crippen MR) is 120 cm³/mol. The molecular formula is C23H21N3O3S. The molecule has 30 heavy (non-hydrogen) atoms. The number of amides is 3. The second-order valence-corrected chi connectivity index (χ2v) is 8.27. The lowest BCUT2D eigenvalue weighted by molar-refractivity contribution is -0.127. The van der Waals surface area contributed by atoms with Gasteiger partial charge in [-0.1, -0.05) is 30.3 Å². The van der Waals surface area contributed by atoms with Crippen LogP contribution in [0.25, 0.3) is 17.0 Å². The van der Waals surface area contributed by atoms with Gasteiger partial charge in [0.25, 0.3) is 11.1 Å². The number of thioether (sulfide) groups is 1. The maximum absolute atomic E-state index is 12.8. The van der Waals surface area contributed by atoms with Crippen LogP contribution in [-0.2, 0) is 16.6 Å². The van der Waals surface area contributed by atoms with E-state index in [2.05, 4.69) is 5.32 Å². The lowest BCUT2D eigenvalue weighted by Gasteiger charge is -2.14. The summed E-state index contributed by atoms with van der Waals surface area (Å²) < 4.78 is 1.98. The number of nitrogens with zero attached hydrogens (tertiary/aromatic N) is 2. The van der Waals surface area contributed by atoms with E-state index >= 15 is 0 Å². The molecule has 2 heterocycles. The van der Waals surface area contributed by atoms with E-state index in [1.54, 1.807) is 12.1 Å². The van der Waals surface area contributed by atoms with E-state index in [4.69, 9.17) is 0 Å². The highest BCUT2D eigenvalue weighted by molar-refractivity contribution is 8.18. The van der Waals surface area contributed by atoms with Crippen LogP contribution in [0.3, 0.4) is 0 Å². The van der Waals surface area contributed by atoms with Crippen LogP contribution in [0.15, 0.2) is 53.6 Å². The van der Waals surface area contributed by atoms with Gasteiger partial charge in [0.15, 0.2) is 0 Å². The minimum Gasteiger partial charge on any atom is -0.350 e. The molecule has 0 unspecified atom stereocenters. The van der Waals surface area contributed by atoms with E-state index in [1.807, 2.05) is 68.1 Å². The van der Waals surface area contributed by atoms with E-state index < -0.39 is 17.1 Å². The first-order chi connectivity index (χ1) is 14.3. The van der Waals surface area contributed by atoms with Gasteiger partial charge in [-0.3, -0.25) is 19.3 Å².